The fourth-order valence-corrected chi connectivity index (χ4v) is 2.48. The SMILES string of the molecule is C[C@@H]1CCOCCN1C(=O)NC[C@H](C)c1ccc(F)c(F)c1. The zero-order chi connectivity index (χ0) is 16.1. The Kier molecular flexibility index (Phi) is 5.71. The van der Waals surface area contributed by atoms with Crippen molar-refractivity contribution in [2.75, 3.05) is 26.3 Å². The number of hydrogen-bond donors (Lipinski definition) is 1. The summed E-state index contributed by atoms with van der Waals surface area (Å²) >= 11 is 0. The molecule has 0 spiro atoms. The summed E-state index contributed by atoms with van der Waals surface area (Å²) in [4.78, 5) is 14.0. The second-order valence-electron chi connectivity index (χ2n) is 5.70. The minimum atomic E-state index is -0.867. The third-order valence-corrected chi connectivity index (χ3v) is 4.02. The van der Waals surface area contributed by atoms with Gasteiger partial charge in [-0.2, -0.15) is 0 Å². The van der Waals surface area contributed by atoms with Gasteiger partial charge in [-0.15, -0.1) is 0 Å². The van der Waals surface area contributed by atoms with E-state index in [-0.39, 0.29) is 18.0 Å². The van der Waals surface area contributed by atoms with Gasteiger partial charge >= 0.3 is 6.03 Å². The molecular weight excluding hydrogens is 290 g/mol. The number of benzene rings is 1. The summed E-state index contributed by atoms with van der Waals surface area (Å²) in [6, 6.07) is 3.80. The van der Waals surface area contributed by atoms with E-state index in [1.807, 2.05) is 13.8 Å². The third kappa shape index (κ3) is 4.16. The zero-order valence-electron chi connectivity index (χ0n) is 12.9. The zero-order valence-corrected chi connectivity index (χ0v) is 12.9. The van der Waals surface area contributed by atoms with Gasteiger partial charge in [0.1, 0.15) is 0 Å². The number of hydrogen-bond acceptors (Lipinski definition) is 2. The van der Waals surface area contributed by atoms with Crippen molar-refractivity contribution in [3.63, 3.8) is 0 Å². The van der Waals surface area contributed by atoms with E-state index in [2.05, 4.69) is 5.32 Å². The van der Waals surface area contributed by atoms with Crippen molar-refractivity contribution in [1.29, 1.82) is 0 Å². The van der Waals surface area contributed by atoms with Gasteiger partial charge < -0.3 is 15.0 Å². The molecule has 4 nitrogen and oxygen atoms in total. The number of nitrogens with zero attached hydrogens (tertiary/aromatic N) is 1. The van der Waals surface area contributed by atoms with Gasteiger partial charge in [0.25, 0.3) is 0 Å². The van der Waals surface area contributed by atoms with E-state index < -0.39 is 11.6 Å². The van der Waals surface area contributed by atoms with Crippen LogP contribution >= 0.6 is 0 Å². The van der Waals surface area contributed by atoms with Gasteiger partial charge in [-0.25, -0.2) is 13.6 Å². The molecule has 1 aromatic rings. The van der Waals surface area contributed by atoms with Crippen LogP contribution in [0.15, 0.2) is 18.2 Å². The predicted molar refractivity (Wildman–Crippen MR) is 79.8 cm³/mol. The molecule has 1 fully saturated rings. The number of rotatable bonds is 3. The molecule has 122 valence electrons. The highest BCUT2D eigenvalue weighted by atomic mass is 19.2. The van der Waals surface area contributed by atoms with Crippen molar-refractivity contribution in [2.24, 2.45) is 0 Å². The topological polar surface area (TPSA) is 41.6 Å². The van der Waals surface area contributed by atoms with E-state index in [0.717, 1.165) is 12.5 Å². The molecule has 0 unspecified atom stereocenters. The van der Waals surface area contributed by atoms with Crippen LogP contribution in [0.1, 0.15) is 31.7 Å². The first-order valence-corrected chi connectivity index (χ1v) is 7.56. The predicted octanol–water partition coefficient (Wildman–Crippen LogP) is 2.89. The summed E-state index contributed by atoms with van der Waals surface area (Å²) in [6.07, 6.45) is 0.812. The monoisotopic (exact) mass is 312 g/mol. The minimum absolute atomic E-state index is 0.0995. The lowest BCUT2D eigenvalue weighted by Gasteiger charge is -2.27. The molecule has 1 aliphatic heterocycles. The maximum atomic E-state index is 13.2. The normalized spacial score (nSPS) is 20.4. The molecule has 2 amide bonds. The number of amides is 2. The molecule has 1 saturated heterocycles. The second-order valence-corrected chi connectivity index (χ2v) is 5.70. The lowest BCUT2D eigenvalue weighted by atomic mass is 10.0. The molecule has 1 aromatic carbocycles. The molecule has 22 heavy (non-hydrogen) atoms. The molecule has 1 heterocycles. The van der Waals surface area contributed by atoms with Crippen LogP contribution in [-0.4, -0.2) is 43.3 Å². The molecule has 0 aromatic heterocycles. The lowest BCUT2D eigenvalue weighted by Crippen LogP contribution is -2.46. The second kappa shape index (κ2) is 7.54. The summed E-state index contributed by atoms with van der Waals surface area (Å²) in [7, 11) is 0. The van der Waals surface area contributed by atoms with Crippen LogP contribution in [0.3, 0.4) is 0 Å². The Labute approximate surface area is 129 Å². The van der Waals surface area contributed by atoms with Gasteiger partial charge in [-0.1, -0.05) is 13.0 Å². The first-order chi connectivity index (χ1) is 10.5. The van der Waals surface area contributed by atoms with Crippen molar-refractivity contribution >= 4 is 6.03 Å². The van der Waals surface area contributed by atoms with Crippen LogP contribution in [0.2, 0.25) is 0 Å². The Bertz CT molecular complexity index is 525. The van der Waals surface area contributed by atoms with Crippen molar-refractivity contribution in [1.82, 2.24) is 10.2 Å². The molecule has 0 bridgehead atoms. The van der Waals surface area contributed by atoms with Crippen LogP contribution in [-0.2, 0) is 4.74 Å². The molecule has 2 atom stereocenters. The van der Waals surface area contributed by atoms with Gasteiger partial charge in [0.15, 0.2) is 11.6 Å². The summed E-state index contributed by atoms with van der Waals surface area (Å²) in [5, 5.41) is 2.86. The highest BCUT2D eigenvalue weighted by Gasteiger charge is 2.22. The van der Waals surface area contributed by atoms with Crippen molar-refractivity contribution in [3.8, 4) is 0 Å². The van der Waals surface area contributed by atoms with Gasteiger partial charge in [-0.3, -0.25) is 0 Å². The number of halogens is 2. The molecule has 0 radical (unpaired) electrons. The maximum absolute atomic E-state index is 13.2. The van der Waals surface area contributed by atoms with Crippen LogP contribution in [0.25, 0.3) is 0 Å². The molecule has 6 heteroatoms. The van der Waals surface area contributed by atoms with E-state index in [1.165, 1.54) is 12.1 Å². The number of nitrogens with one attached hydrogen (secondary N) is 1. The van der Waals surface area contributed by atoms with Gasteiger partial charge in [0.05, 0.1) is 6.61 Å². The van der Waals surface area contributed by atoms with Crippen LogP contribution in [0, 0.1) is 11.6 Å². The highest BCUT2D eigenvalue weighted by molar-refractivity contribution is 5.74. The van der Waals surface area contributed by atoms with Crippen molar-refractivity contribution in [2.45, 2.75) is 32.2 Å². The fraction of sp³-hybridized carbons (Fsp3) is 0.562. The molecule has 0 saturated carbocycles. The van der Waals surface area contributed by atoms with Crippen LogP contribution in [0.4, 0.5) is 13.6 Å². The van der Waals surface area contributed by atoms with E-state index >= 15 is 0 Å². The van der Waals surface area contributed by atoms with Crippen molar-refractivity contribution < 1.29 is 18.3 Å². The minimum Gasteiger partial charge on any atom is -0.380 e. The highest BCUT2D eigenvalue weighted by Crippen LogP contribution is 2.17. The van der Waals surface area contributed by atoms with Crippen LogP contribution < -0.4 is 5.32 Å². The summed E-state index contributed by atoms with van der Waals surface area (Å²) in [5.41, 5.74) is 0.659. The Morgan fingerprint density at radius 1 is 1.41 bits per heavy atom. The quantitative estimate of drug-likeness (QED) is 0.932. The Balaban J connectivity index is 1.90. The van der Waals surface area contributed by atoms with Gasteiger partial charge in [-0.05, 0) is 37.0 Å². The molecular formula is C16H22F2N2O2. The maximum Gasteiger partial charge on any atom is 0.317 e. The third-order valence-electron chi connectivity index (χ3n) is 4.02. The number of urea groups is 1. The molecule has 1 N–H and O–H groups in total. The van der Waals surface area contributed by atoms with E-state index in [9.17, 15) is 13.6 Å². The summed E-state index contributed by atoms with van der Waals surface area (Å²) in [6.45, 7) is 5.99. The standard InChI is InChI=1S/C16H22F2N2O2/c1-11(13-3-4-14(17)15(18)9-13)10-19-16(21)20-6-8-22-7-5-12(20)2/h3-4,9,11-12H,5-8,10H2,1-2H3,(H,19,21)/t11-,12+/m0/s1. The first-order valence-electron chi connectivity index (χ1n) is 7.56. The molecule has 2 rings (SSSR count). The number of carbonyl (C=O) groups is 1. The van der Waals surface area contributed by atoms with Crippen LogP contribution in [0.5, 0.6) is 0 Å². The molecule has 1 aliphatic rings. The summed E-state index contributed by atoms with van der Waals surface area (Å²) < 4.78 is 31.5. The Hall–Kier alpha value is -1.69. The average Bonchev–Trinajstić information content (AvgIpc) is 2.72. The van der Waals surface area contributed by atoms with E-state index in [0.29, 0.717) is 31.9 Å². The summed E-state index contributed by atoms with van der Waals surface area (Å²) in [5.74, 6) is -1.83. The van der Waals surface area contributed by atoms with Crippen molar-refractivity contribution in [3.05, 3.63) is 35.4 Å². The average molecular weight is 312 g/mol. The fourth-order valence-electron chi connectivity index (χ4n) is 2.48. The Morgan fingerprint density at radius 3 is 2.91 bits per heavy atom. The number of carbonyl (C=O) groups excluding carboxylic acids is 1. The number of ether oxygens (including phenoxy) is 1. The van der Waals surface area contributed by atoms with Gasteiger partial charge in [0.2, 0.25) is 0 Å². The lowest BCUT2D eigenvalue weighted by molar-refractivity contribution is 0.142. The Morgan fingerprint density at radius 2 is 2.18 bits per heavy atom. The largest absolute Gasteiger partial charge is 0.380 e. The smallest absolute Gasteiger partial charge is 0.317 e. The first kappa shape index (κ1) is 16.7. The van der Waals surface area contributed by atoms with E-state index in [1.54, 1.807) is 4.90 Å². The van der Waals surface area contributed by atoms with Gasteiger partial charge in [0, 0.05) is 25.7 Å². The molecule has 0 aliphatic carbocycles. The van der Waals surface area contributed by atoms with E-state index in [4.69, 9.17) is 4.74 Å².